The van der Waals surface area contributed by atoms with Gasteiger partial charge in [0.2, 0.25) is 0 Å². The maximum Gasteiger partial charge on any atom is 0.0899 e. The number of nitrogens with zero attached hydrogens (tertiary/aromatic N) is 1. The van der Waals surface area contributed by atoms with E-state index in [4.69, 9.17) is 16.3 Å². The van der Waals surface area contributed by atoms with Crippen LogP contribution < -0.4 is 0 Å². The molecule has 1 aromatic rings. The van der Waals surface area contributed by atoms with E-state index in [0.717, 1.165) is 25.1 Å². The fraction of sp³-hybridized carbons (Fsp3) is 0.636. The van der Waals surface area contributed by atoms with Crippen molar-refractivity contribution in [1.82, 2.24) is 4.90 Å². The zero-order chi connectivity index (χ0) is 18.4. The molecule has 0 radical (unpaired) electrons. The van der Waals surface area contributed by atoms with Gasteiger partial charge < -0.3 is 4.74 Å². The summed E-state index contributed by atoms with van der Waals surface area (Å²) in [7, 11) is 0. The van der Waals surface area contributed by atoms with E-state index >= 15 is 0 Å². The van der Waals surface area contributed by atoms with Crippen molar-refractivity contribution in [3.05, 3.63) is 48.0 Å². The molecular formula is C22H34ClNO. The van der Waals surface area contributed by atoms with Crippen molar-refractivity contribution in [2.24, 2.45) is 5.92 Å². The molecule has 0 amide bonds. The predicted octanol–water partition coefficient (Wildman–Crippen LogP) is 5.66. The normalized spacial score (nSPS) is 22.1. The molecule has 1 aliphatic rings. The van der Waals surface area contributed by atoms with Crippen LogP contribution in [0.4, 0.5) is 0 Å². The van der Waals surface area contributed by atoms with Crippen LogP contribution in [0.25, 0.3) is 0 Å². The van der Waals surface area contributed by atoms with E-state index in [0.29, 0.717) is 17.8 Å². The third-order valence-electron chi connectivity index (χ3n) is 5.84. The van der Waals surface area contributed by atoms with Crippen molar-refractivity contribution in [3.63, 3.8) is 0 Å². The lowest BCUT2D eigenvalue weighted by Crippen LogP contribution is -2.47. The molecule has 0 aromatic heterocycles. The second-order valence-corrected chi connectivity index (χ2v) is 8.00. The number of alkyl halides is 1. The highest BCUT2D eigenvalue weighted by molar-refractivity contribution is 6.19. The van der Waals surface area contributed by atoms with Gasteiger partial charge in [-0.2, -0.15) is 0 Å². The van der Waals surface area contributed by atoms with Crippen molar-refractivity contribution in [3.8, 4) is 0 Å². The molecule has 1 saturated heterocycles. The molecule has 2 unspecified atom stereocenters. The molecule has 3 atom stereocenters. The average molecular weight is 364 g/mol. The predicted molar refractivity (Wildman–Crippen MR) is 108 cm³/mol. The summed E-state index contributed by atoms with van der Waals surface area (Å²) in [6.45, 7) is 15.1. The fourth-order valence-corrected chi connectivity index (χ4v) is 4.06. The zero-order valence-electron chi connectivity index (χ0n) is 16.3. The van der Waals surface area contributed by atoms with Gasteiger partial charge in [0.25, 0.3) is 0 Å². The Labute approximate surface area is 159 Å². The van der Waals surface area contributed by atoms with Crippen LogP contribution in [0.3, 0.4) is 0 Å². The molecule has 0 saturated carbocycles. The van der Waals surface area contributed by atoms with Crippen LogP contribution in [0.15, 0.2) is 42.5 Å². The largest absolute Gasteiger partial charge is 0.366 e. The summed E-state index contributed by atoms with van der Waals surface area (Å²) in [6, 6.07) is 11.2. The van der Waals surface area contributed by atoms with E-state index in [1.165, 1.54) is 18.4 Å². The Morgan fingerprint density at radius 2 is 2.04 bits per heavy atom. The number of benzene rings is 1. The molecule has 25 heavy (non-hydrogen) atoms. The van der Waals surface area contributed by atoms with Crippen LogP contribution in [-0.2, 0) is 11.3 Å². The van der Waals surface area contributed by atoms with Crippen LogP contribution in [0, 0.1) is 5.92 Å². The standard InChI is InChI=1S/C22H34ClNO/c1-6-21(25-22(5,17(2)3)18(4)15-23)20-13-10-14-24(20)16-19-11-8-7-9-12-19/h7-9,11-12,17,20-21H,4,6,10,13-16H2,1-3,5H3/t20-,21?,22?/m0/s1. The first-order valence-electron chi connectivity index (χ1n) is 9.62. The van der Waals surface area contributed by atoms with Crippen molar-refractivity contribution < 1.29 is 4.74 Å². The second-order valence-electron chi connectivity index (χ2n) is 7.73. The van der Waals surface area contributed by atoms with Gasteiger partial charge in [0, 0.05) is 18.5 Å². The highest BCUT2D eigenvalue weighted by atomic mass is 35.5. The van der Waals surface area contributed by atoms with E-state index in [9.17, 15) is 0 Å². The third kappa shape index (κ3) is 4.87. The lowest BCUT2D eigenvalue weighted by atomic mass is 9.85. The van der Waals surface area contributed by atoms with Crippen molar-refractivity contribution >= 4 is 11.6 Å². The van der Waals surface area contributed by atoms with Gasteiger partial charge in [0.1, 0.15) is 0 Å². The van der Waals surface area contributed by atoms with Crippen LogP contribution >= 0.6 is 11.6 Å². The highest BCUT2D eigenvalue weighted by Gasteiger charge is 2.39. The third-order valence-corrected chi connectivity index (χ3v) is 6.16. The Kier molecular flexibility index (Phi) is 7.54. The molecule has 1 aromatic carbocycles. The second kappa shape index (κ2) is 9.21. The maximum absolute atomic E-state index is 6.73. The Hall–Kier alpha value is -0.830. The van der Waals surface area contributed by atoms with Crippen LogP contribution in [-0.4, -0.2) is 35.1 Å². The zero-order valence-corrected chi connectivity index (χ0v) is 17.1. The van der Waals surface area contributed by atoms with Crippen LogP contribution in [0.1, 0.15) is 52.5 Å². The van der Waals surface area contributed by atoms with Crippen LogP contribution in [0.5, 0.6) is 0 Å². The van der Waals surface area contributed by atoms with E-state index < -0.39 is 0 Å². The molecule has 0 aliphatic carbocycles. The van der Waals surface area contributed by atoms with E-state index in [-0.39, 0.29) is 11.7 Å². The molecule has 2 rings (SSSR count). The summed E-state index contributed by atoms with van der Waals surface area (Å²) in [6.07, 6.45) is 3.66. The summed E-state index contributed by atoms with van der Waals surface area (Å²) in [4.78, 5) is 2.59. The van der Waals surface area contributed by atoms with Gasteiger partial charge in [0.05, 0.1) is 11.7 Å². The van der Waals surface area contributed by atoms with Crippen LogP contribution in [0.2, 0.25) is 0 Å². The van der Waals surface area contributed by atoms with Gasteiger partial charge in [-0.15, -0.1) is 11.6 Å². The van der Waals surface area contributed by atoms with Gasteiger partial charge in [0.15, 0.2) is 0 Å². The Bertz CT molecular complexity index is 544. The quantitative estimate of drug-likeness (QED) is 0.415. The monoisotopic (exact) mass is 363 g/mol. The summed E-state index contributed by atoms with van der Waals surface area (Å²) in [5, 5.41) is 0. The van der Waals surface area contributed by atoms with Gasteiger partial charge >= 0.3 is 0 Å². The number of ether oxygens (including phenoxy) is 1. The molecule has 1 fully saturated rings. The summed E-state index contributed by atoms with van der Waals surface area (Å²) >= 11 is 6.11. The van der Waals surface area contributed by atoms with Gasteiger partial charge in [-0.3, -0.25) is 4.90 Å². The SMILES string of the molecule is C=C(CCl)C(C)(OC(CC)[C@@H]1CCCN1Cc1ccccc1)C(C)C. The maximum atomic E-state index is 6.73. The first kappa shape index (κ1) is 20.5. The molecule has 3 heteroatoms. The Morgan fingerprint density at radius 1 is 1.36 bits per heavy atom. The number of halogens is 1. The lowest BCUT2D eigenvalue weighted by Gasteiger charge is -2.42. The first-order valence-corrected chi connectivity index (χ1v) is 10.2. The lowest BCUT2D eigenvalue weighted by molar-refractivity contribution is -0.112. The summed E-state index contributed by atoms with van der Waals surface area (Å²) in [5.74, 6) is 0.792. The molecular weight excluding hydrogens is 330 g/mol. The number of rotatable bonds is 9. The minimum Gasteiger partial charge on any atom is -0.366 e. The molecule has 0 bridgehead atoms. The van der Waals surface area contributed by atoms with Gasteiger partial charge in [-0.05, 0) is 49.8 Å². The average Bonchev–Trinajstić information content (AvgIpc) is 3.07. The van der Waals surface area contributed by atoms with E-state index in [2.05, 4.69) is 69.5 Å². The number of hydrogen-bond donors (Lipinski definition) is 0. The first-order chi connectivity index (χ1) is 11.9. The van der Waals surface area contributed by atoms with Crippen molar-refractivity contribution in [2.45, 2.75) is 71.2 Å². The Morgan fingerprint density at radius 3 is 2.60 bits per heavy atom. The van der Waals surface area contributed by atoms with Crippen molar-refractivity contribution in [1.29, 1.82) is 0 Å². The van der Waals surface area contributed by atoms with Crippen molar-refractivity contribution in [2.75, 3.05) is 12.4 Å². The van der Waals surface area contributed by atoms with E-state index in [1.807, 2.05) is 0 Å². The topological polar surface area (TPSA) is 12.5 Å². The number of hydrogen-bond acceptors (Lipinski definition) is 2. The molecule has 2 nitrogen and oxygen atoms in total. The van der Waals surface area contributed by atoms with E-state index in [1.54, 1.807) is 0 Å². The molecule has 0 N–H and O–H groups in total. The Balaban J connectivity index is 2.13. The summed E-state index contributed by atoms with van der Waals surface area (Å²) < 4.78 is 6.73. The molecule has 140 valence electrons. The minimum absolute atomic E-state index is 0.207. The van der Waals surface area contributed by atoms with Gasteiger partial charge in [-0.1, -0.05) is 57.7 Å². The minimum atomic E-state index is -0.372. The number of likely N-dealkylation sites (tertiary alicyclic amines) is 1. The molecule has 1 heterocycles. The molecule has 1 aliphatic heterocycles. The highest BCUT2D eigenvalue weighted by Crippen LogP contribution is 2.35. The molecule has 0 spiro atoms. The fourth-order valence-electron chi connectivity index (χ4n) is 3.80. The summed E-state index contributed by atoms with van der Waals surface area (Å²) in [5.41, 5.74) is 1.99. The smallest absolute Gasteiger partial charge is 0.0899 e. The van der Waals surface area contributed by atoms with Gasteiger partial charge in [-0.25, -0.2) is 0 Å².